The second kappa shape index (κ2) is 8.87. The van der Waals surface area contributed by atoms with E-state index >= 15 is 0 Å². The summed E-state index contributed by atoms with van der Waals surface area (Å²) in [5, 5.41) is 3.09. The molecule has 5 rings (SSSR count). The summed E-state index contributed by atoms with van der Waals surface area (Å²) < 4.78 is 11.0. The Bertz CT molecular complexity index is 1140. The number of hydrogen-bond donors (Lipinski definition) is 1. The molecule has 6 heteroatoms. The van der Waals surface area contributed by atoms with Crippen molar-refractivity contribution in [3.63, 3.8) is 0 Å². The number of nitrogens with one attached hydrogen (secondary N) is 1. The largest absolute Gasteiger partial charge is 0.497 e. The van der Waals surface area contributed by atoms with E-state index in [9.17, 15) is 4.79 Å². The maximum absolute atomic E-state index is 13.5. The molecule has 1 N–H and O–H groups in total. The van der Waals surface area contributed by atoms with Crippen LogP contribution in [0.1, 0.15) is 45.3 Å². The molecule has 0 bridgehead atoms. The number of benzene rings is 2. The Morgan fingerprint density at radius 1 is 1.00 bits per heavy atom. The molecule has 32 heavy (non-hydrogen) atoms. The minimum atomic E-state index is -0.156. The van der Waals surface area contributed by atoms with Crippen LogP contribution in [0.4, 0.5) is 10.5 Å². The third-order valence-corrected chi connectivity index (χ3v) is 7.88. The number of nitrogens with zero attached hydrogens (tertiary/aromatic N) is 1. The van der Waals surface area contributed by atoms with Gasteiger partial charge in [0.1, 0.15) is 11.5 Å². The number of carbonyl (C=O) groups excluding carboxylic acids is 1. The summed E-state index contributed by atoms with van der Waals surface area (Å²) in [6.45, 7) is 0.675. The van der Waals surface area contributed by atoms with Crippen molar-refractivity contribution in [2.45, 2.75) is 38.1 Å². The van der Waals surface area contributed by atoms with Crippen molar-refractivity contribution in [2.75, 3.05) is 26.1 Å². The third kappa shape index (κ3) is 3.73. The van der Waals surface area contributed by atoms with E-state index in [1.807, 2.05) is 58.7 Å². The first kappa shape index (κ1) is 20.9. The Hall–Kier alpha value is -2.99. The van der Waals surface area contributed by atoms with Crippen LogP contribution in [0.25, 0.3) is 0 Å². The van der Waals surface area contributed by atoms with E-state index in [0.29, 0.717) is 6.54 Å². The molecular weight excluding hydrogens is 420 g/mol. The Labute approximate surface area is 193 Å². The smallest absolute Gasteiger partial charge is 0.322 e. The second-order valence-corrected chi connectivity index (χ2v) is 9.44. The molecule has 2 aliphatic rings. The molecular formula is C26H28N2O3S. The zero-order valence-electron chi connectivity index (χ0n) is 18.5. The summed E-state index contributed by atoms with van der Waals surface area (Å²) in [5.41, 5.74) is 4.77. The average molecular weight is 449 g/mol. The molecule has 1 aliphatic carbocycles. The van der Waals surface area contributed by atoms with Gasteiger partial charge in [-0.1, -0.05) is 24.3 Å². The molecule has 5 nitrogen and oxygen atoms in total. The van der Waals surface area contributed by atoms with Crippen LogP contribution < -0.4 is 14.8 Å². The molecule has 1 aromatic heterocycles. The van der Waals surface area contributed by atoms with E-state index in [0.717, 1.165) is 42.0 Å². The molecule has 0 radical (unpaired) electrons. The van der Waals surface area contributed by atoms with Crippen molar-refractivity contribution in [3.05, 3.63) is 75.0 Å². The summed E-state index contributed by atoms with van der Waals surface area (Å²) in [6, 6.07) is 15.3. The zero-order chi connectivity index (χ0) is 22.1. The summed E-state index contributed by atoms with van der Waals surface area (Å²) in [6.07, 6.45) is 5.73. The summed E-state index contributed by atoms with van der Waals surface area (Å²) >= 11 is 1.90. The van der Waals surface area contributed by atoms with Gasteiger partial charge in [0.2, 0.25) is 0 Å². The van der Waals surface area contributed by atoms with Crippen LogP contribution in [0.2, 0.25) is 0 Å². The first-order valence-corrected chi connectivity index (χ1v) is 12.0. The zero-order valence-corrected chi connectivity index (χ0v) is 19.3. The number of ether oxygens (including phenoxy) is 2. The number of urea groups is 1. The number of rotatable bonds is 4. The van der Waals surface area contributed by atoms with Gasteiger partial charge >= 0.3 is 6.03 Å². The molecule has 166 valence electrons. The van der Waals surface area contributed by atoms with Gasteiger partial charge < -0.3 is 19.7 Å². The SMILES string of the molecule is COc1cccc(NC(=O)N2CCc3c(sc4c3CCCC4)[C@H]2c2ccccc2OC)c1. The highest BCUT2D eigenvalue weighted by Crippen LogP contribution is 2.46. The number of carbonyl (C=O) groups is 1. The molecule has 0 fully saturated rings. The maximum atomic E-state index is 13.5. The van der Waals surface area contributed by atoms with Crippen LogP contribution in [-0.4, -0.2) is 31.7 Å². The van der Waals surface area contributed by atoms with Crippen molar-refractivity contribution < 1.29 is 14.3 Å². The standard InChI is InChI=1S/C26H28N2O3S/c1-30-18-9-7-8-17(16-18)27-26(29)28-15-14-20-19-10-4-6-13-23(19)32-25(20)24(28)21-11-3-5-12-22(21)31-2/h3,5,7-9,11-12,16,24H,4,6,10,13-15H2,1-2H3,(H,27,29)/t24-/m1/s1. The number of hydrogen-bond acceptors (Lipinski definition) is 4. The fourth-order valence-electron chi connectivity index (χ4n) is 4.97. The van der Waals surface area contributed by atoms with Gasteiger partial charge in [0, 0.05) is 33.6 Å². The molecule has 3 aromatic rings. The summed E-state index contributed by atoms with van der Waals surface area (Å²) in [5.74, 6) is 1.53. The highest BCUT2D eigenvalue weighted by Gasteiger charge is 2.37. The van der Waals surface area contributed by atoms with Gasteiger partial charge in [-0.25, -0.2) is 4.79 Å². The molecule has 0 saturated carbocycles. The predicted octanol–water partition coefficient (Wildman–Crippen LogP) is 5.82. The molecule has 0 saturated heterocycles. The van der Waals surface area contributed by atoms with E-state index in [1.165, 1.54) is 28.2 Å². The molecule has 1 aliphatic heterocycles. The van der Waals surface area contributed by atoms with Crippen LogP contribution in [-0.2, 0) is 19.3 Å². The van der Waals surface area contributed by atoms with E-state index < -0.39 is 0 Å². The normalized spacial score (nSPS) is 17.3. The van der Waals surface area contributed by atoms with Gasteiger partial charge in [0.15, 0.2) is 0 Å². The van der Waals surface area contributed by atoms with Crippen molar-refractivity contribution in [1.29, 1.82) is 0 Å². The monoisotopic (exact) mass is 448 g/mol. The first-order chi connectivity index (χ1) is 15.7. The summed E-state index contributed by atoms with van der Waals surface area (Å²) in [7, 11) is 3.33. The highest BCUT2D eigenvalue weighted by atomic mass is 32.1. The number of para-hydroxylation sites is 1. The molecule has 2 aromatic carbocycles. The maximum Gasteiger partial charge on any atom is 0.322 e. The Kier molecular flexibility index (Phi) is 5.79. The van der Waals surface area contributed by atoms with Gasteiger partial charge in [-0.15, -0.1) is 11.3 Å². The quantitative estimate of drug-likeness (QED) is 0.547. The van der Waals surface area contributed by atoms with E-state index in [2.05, 4.69) is 11.4 Å². The Morgan fingerprint density at radius 3 is 2.69 bits per heavy atom. The molecule has 2 amide bonds. The topological polar surface area (TPSA) is 50.8 Å². The number of aryl methyl sites for hydroxylation is 1. The predicted molar refractivity (Wildman–Crippen MR) is 128 cm³/mol. The van der Waals surface area contributed by atoms with Gasteiger partial charge in [-0.2, -0.15) is 0 Å². The minimum Gasteiger partial charge on any atom is -0.497 e. The van der Waals surface area contributed by atoms with Crippen molar-refractivity contribution in [1.82, 2.24) is 4.90 Å². The lowest BCUT2D eigenvalue weighted by Crippen LogP contribution is -2.42. The lowest BCUT2D eigenvalue weighted by Gasteiger charge is -2.37. The van der Waals surface area contributed by atoms with Crippen molar-refractivity contribution in [2.24, 2.45) is 0 Å². The van der Waals surface area contributed by atoms with Crippen molar-refractivity contribution >= 4 is 23.1 Å². The van der Waals surface area contributed by atoms with Crippen LogP contribution >= 0.6 is 11.3 Å². The van der Waals surface area contributed by atoms with E-state index in [4.69, 9.17) is 9.47 Å². The van der Waals surface area contributed by atoms with Crippen molar-refractivity contribution in [3.8, 4) is 11.5 Å². The Balaban J connectivity index is 1.55. The van der Waals surface area contributed by atoms with Crippen LogP contribution in [0.5, 0.6) is 11.5 Å². The number of thiophene rings is 1. The molecule has 0 unspecified atom stereocenters. The molecule has 2 heterocycles. The number of amides is 2. The lowest BCUT2D eigenvalue weighted by atomic mass is 9.88. The fourth-order valence-corrected chi connectivity index (χ4v) is 6.54. The van der Waals surface area contributed by atoms with Crippen LogP contribution in [0.3, 0.4) is 0 Å². The molecule has 0 spiro atoms. The lowest BCUT2D eigenvalue weighted by molar-refractivity contribution is 0.194. The van der Waals surface area contributed by atoms with Gasteiger partial charge in [-0.3, -0.25) is 0 Å². The highest BCUT2D eigenvalue weighted by molar-refractivity contribution is 7.12. The van der Waals surface area contributed by atoms with Gasteiger partial charge in [0.05, 0.1) is 20.3 Å². The number of fused-ring (bicyclic) bond motifs is 3. The van der Waals surface area contributed by atoms with Gasteiger partial charge in [0.25, 0.3) is 0 Å². The first-order valence-electron chi connectivity index (χ1n) is 11.2. The van der Waals surface area contributed by atoms with Crippen LogP contribution in [0.15, 0.2) is 48.5 Å². The third-order valence-electron chi connectivity index (χ3n) is 6.49. The molecule has 1 atom stereocenters. The minimum absolute atomic E-state index is 0.105. The average Bonchev–Trinajstić information content (AvgIpc) is 3.22. The summed E-state index contributed by atoms with van der Waals surface area (Å²) in [4.78, 5) is 18.3. The number of anilines is 1. The van der Waals surface area contributed by atoms with Crippen LogP contribution in [0, 0.1) is 0 Å². The van der Waals surface area contributed by atoms with Gasteiger partial charge in [-0.05, 0) is 61.4 Å². The Morgan fingerprint density at radius 2 is 1.84 bits per heavy atom. The second-order valence-electron chi connectivity index (χ2n) is 8.30. The van der Waals surface area contributed by atoms with E-state index in [1.54, 1.807) is 19.8 Å². The fraction of sp³-hybridized carbons (Fsp3) is 0.346. The van der Waals surface area contributed by atoms with E-state index in [-0.39, 0.29) is 12.1 Å². The number of methoxy groups -OCH3 is 2.